The van der Waals surface area contributed by atoms with E-state index in [0.717, 1.165) is 6.26 Å². The number of amides is 1. The highest BCUT2D eigenvalue weighted by molar-refractivity contribution is 7.90. The number of hydrogen-bond acceptors (Lipinski definition) is 6. The summed E-state index contributed by atoms with van der Waals surface area (Å²) in [6.45, 7) is 1.38. The Labute approximate surface area is 124 Å². The first kappa shape index (κ1) is 14.9. The van der Waals surface area contributed by atoms with Crippen molar-refractivity contribution < 1.29 is 13.2 Å². The molecule has 2 rings (SSSR count). The summed E-state index contributed by atoms with van der Waals surface area (Å²) in [5.41, 5.74) is 0.573. The van der Waals surface area contributed by atoms with E-state index in [9.17, 15) is 13.2 Å². The Bertz CT molecular complexity index is 771. The van der Waals surface area contributed by atoms with Crippen LogP contribution in [0.1, 0.15) is 6.92 Å². The zero-order chi connectivity index (χ0) is 14.9. The van der Waals surface area contributed by atoms with Gasteiger partial charge in [-0.15, -0.1) is 0 Å². The summed E-state index contributed by atoms with van der Waals surface area (Å²) in [5, 5.41) is 2.92. The summed E-state index contributed by atoms with van der Waals surface area (Å²) in [6, 6.07) is 1.44. The first-order valence-corrected chi connectivity index (χ1v) is 8.45. The maximum atomic E-state index is 11.6. The van der Waals surface area contributed by atoms with Crippen molar-refractivity contribution in [2.45, 2.75) is 11.8 Å². The van der Waals surface area contributed by atoms with Crippen LogP contribution in [0.5, 0.6) is 0 Å². The smallest absolute Gasteiger partial charge is 0.223 e. The summed E-state index contributed by atoms with van der Waals surface area (Å²) in [7, 11) is -3.46. The van der Waals surface area contributed by atoms with E-state index >= 15 is 0 Å². The number of sulfone groups is 1. The van der Waals surface area contributed by atoms with Crippen molar-refractivity contribution in [1.29, 1.82) is 0 Å². The maximum Gasteiger partial charge on any atom is 0.223 e. The number of anilines is 1. The molecule has 106 valence electrons. The van der Waals surface area contributed by atoms with Crippen LogP contribution in [-0.4, -0.2) is 30.5 Å². The molecule has 1 N–H and O–H groups in total. The van der Waals surface area contributed by atoms with E-state index in [-0.39, 0.29) is 16.0 Å². The first-order valence-electron chi connectivity index (χ1n) is 5.37. The lowest BCUT2D eigenvalue weighted by atomic mass is 10.2. The van der Waals surface area contributed by atoms with Gasteiger partial charge in [-0.05, 0) is 6.07 Å². The fourth-order valence-electron chi connectivity index (χ4n) is 1.44. The quantitative estimate of drug-likeness (QED) is 0.871. The fraction of sp³-hybridized carbons (Fsp3) is 0.182. The summed E-state index contributed by atoms with van der Waals surface area (Å²) in [5.74, 6) is -0.225. The molecular weight excluding hydrogens is 322 g/mol. The normalized spacial score (nSPS) is 11.3. The van der Waals surface area contributed by atoms with Crippen LogP contribution >= 0.6 is 22.9 Å². The topological polar surface area (TPSA) is 89.0 Å². The molecule has 0 unspecified atom stereocenters. The van der Waals surface area contributed by atoms with Gasteiger partial charge >= 0.3 is 0 Å². The Morgan fingerprint density at radius 3 is 2.65 bits per heavy atom. The van der Waals surface area contributed by atoms with Crippen molar-refractivity contribution in [3.8, 4) is 10.4 Å². The molecule has 2 aromatic heterocycles. The van der Waals surface area contributed by atoms with Crippen LogP contribution in [-0.2, 0) is 14.6 Å². The van der Waals surface area contributed by atoms with Crippen LogP contribution in [0.3, 0.4) is 0 Å². The molecule has 9 heteroatoms. The Morgan fingerprint density at radius 1 is 1.35 bits per heavy atom. The third-order valence-corrected chi connectivity index (χ3v) is 4.76. The Hall–Kier alpha value is -1.51. The van der Waals surface area contributed by atoms with Gasteiger partial charge in [0.05, 0.1) is 4.88 Å². The van der Waals surface area contributed by atoms with E-state index < -0.39 is 9.84 Å². The highest BCUT2D eigenvalue weighted by Crippen LogP contribution is 2.31. The molecule has 20 heavy (non-hydrogen) atoms. The first-order chi connectivity index (χ1) is 9.27. The molecule has 0 aromatic carbocycles. The Balaban J connectivity index is 2.43. The minimum Gasteiger partial charge on any atom is -0.302 e. The monoisotopic (exact) mass is 331 g/mol. The maximum absolute atomic E-state index is 11.6. The molecule has 0 radical (unpaired) electrons. The van der Waals surface area contributed by atoms with Gasteiger partial charge in [0.1, 0.15) is 10.0 Å². The van der Waals surface area contributed by atoms with Crippen molar-refractivity contribution in [2.24, 2.45) is 0 Å². The predicted molar refractivity (Wildman–Crippen MR) is 77.8 cm³/mol. The lowest BCUT2D eigenvalue weighted by Gasteiger charge is -2.03. The number of halogens is 1. The molecule has 0 bridgehead atoms. The number of carbonyl (C=O) groups is 1. The van der Waals surface area contributed by atoms with Gasteiger partial charge in [-0.25, -0.2) is 18.4 Å². The van der Waals surface area contributed by atoms with Crippen LogP contribution in [0.4, 0.5) is 5.13 Å². The van der Waals surface area contributed by atoms with Crippen LogP contribution in [0.15, 0.2) is 23.4 Å². The van der Waals surface area contributed by atoms with Gasteiger partial charge in [0.15, 0.2) is 15.0 Å². The summed E-state index contributed by atoms with van der Waals surface area (Å²) in [6.07, 6.45) is 4.06. The molecule has 0 aliphatic carbocycles. The number of thiazole rings is 1. The molecule has 6 nitrogen and oxygen atoms in total. The lowest BCUT2D eigenvalue weighted by Crippen LogP contribution is -2.04. The summed E-state index contributed by atoms with van der Waals surface area (Å²) >= 11 is 7.00. The van der Waals surface area contributed by atoms with Gasteiger partial charge in [-0.2, -0.15) is 0 Å². The van der Waals surface area contributed by atoms with E-state index in [1.165, 1.54) is 36.7 Å². The van der Waals surface area contributed by atoms with Crippen molar-refractivity contribution in [2.75, 3.05) is 11.6 Å². The molecule has 2 aromatic rings. The van der Waals surface area contributed by atoms with Gasteiger partial charge in [0.2, 0.25) is 5.91 Å². The second-order valence-corrected chi connectivity index (χ2v) is 7.37. The van der Waals surface area contributed by atoms with E-state index in [1.54, 1.807) is 0 Å². The average Bonchev–Trinajstić information content (AvgIpc) is 2.75. The molecule has 0 aliphatic rings. The highest BCUT2D eigenvalue weighted by atomic mass is 35.5. The van der Waals surface area contributed by atoms with Gasteiger partial charge in [-0.1, -0.05) is 22.9 Å². The van der Waals surface area contributed by atoms with Crippen LogP contribution in [0.25, 0.3) is 10.4 Å². The molecule has 0 aliphatic heterocycles. The second kappa shape index (κ2) is 5.47. The zero-order valence-corrected chi connectivity index (χ0v) is 12.9. The predicted octanol–water partition coefficient (Wildman–Crippen LogP) is 2.22. The molecule has 0 spiro atoms. The van der Waals surface area contributed by atoms with E-state index in [0.29, 0.717) is 15.6 Å². The molecule has 1 amide bonds. The van der Waals surface area contributed by atoms with Gasteiger partial charge in [0.25, 0.3) is 0 Å². The number of pyridine rings is 1. The third-order valence-electron chi connectivity index (χ3n) is 2.28. The zero-order valence-electron chi connectivity index (χ0n) is 10.5. The van der Waals surface area contributed by atoms with Crippen molar-refractivity contribution in [3.05, 3.63) is 23.6 Å². The lowest BCUT2D eigenvalue weighted by molar-refractivity contribution is -0.114. The van der Waals surface area contributed by atoms with Gasteiger partial charge in [0, 0.05) is 31.1 Å². The molecular formula is C11H10ClN3O3S2. The number of hydrogen-bond donors (Lipinski definition) is 1. The number of nitrogens with zero attached hydrogens (tertiary/aromatic N) is 2. The van der Waals surface area contributed by atoms with E-state index in [1.807, 2.05) is 0 Å². The number of carbonyl (C=O) groups excluding carboxylic acids is 1. The fourth-order valence-corrected chi connectivity index (χ4v) is 3.51. The number of aromatic nitrogens is 2. The molecule has 0 saturated carbocycles. The standard InChI is InChI=1S/C11H10ClN3O3S2/c1-6(16)15-11-14-5-8(19-11)7-3-9(20(2,17)18)10(12)13-4-7/h3-5H,1-2H3,(H,14,15,16). The molecule has 0 saturated heterocycles. The average molecular weight is 332 g/mol. The largest absolute Gasteiger partial charge is 0.302 e. The summed E-state index contributed by atoms with van der Waals surface area (Å²) in [4.78, 5) is 19.5. The molecule has 0 atom stereocenters. The van der Waals surface area contributed by atoms with Crippen molar-refractivity contribution >= 4 is 43.8 Å². The minimum atomic E-state index is -3.46. The van der Waals surface area contributed by atoms with E-state index in [2.05, 4.69) is 15.3 Å². The SMILES string of the molecule is CC(=O)Nc1ncc(-c2cnc(Cl)c(S(C)(=O)=O)c2)s1. The third kappa shape index (κ3) is 3.33. The van der Waals surface area contributed by atoms with Gasteiger partial charge < -0.3 is 5.32 Å². The minimum absolute atomic E-state index is 0.0360. The Morgan fingerprint density at radius 2 is 2.05 bits per heavy atom. The van der Waals surface area contributed by atoms with E-state index in [4.69, 9.17) is 11.6 Å². The van der Waals surface area contributed by atoms with Gasteiger partial charge in [-0.3, -0.25) is 4.79 Å². The van der Waals surface area contributed by atoms with Crippen LogP contribution in [0.2, 0.25) is 5.15 Å². The Kier molecular flexibility index (Phi) is 4.07. The van der Waals surface area contributed by atoms with Crippen LogP contribution < -0.4 is 5.32 Å². The van der Waals surface area contributed by atoms with Crippen molar-refractivity contribution in [1.82, 2.24) is 9.97 Å². The van der Waals surface area contributed by atoms with Crippen molar-refractivity contribution in [3.63, 3.8) is 0 Å². The molecule has 0 fully saturated rings. The number of nitrogens with one attached hydrogen (secondary N) is 1. The summed E-state index contributed by atoms with van der Waals surface area (Å²) < 4.78 is 23.2. The second-order valence-electron chi connectivity index (χ2n) is 4.00. The highest BCUT2D eigenvalue weighted by Gasteiger charge is 2.16. The molecule has 2 heterocycles. The number of rotatable bonds is 3. The van der Waals surface area contributed by atoms with Crippen LogP contribution in [0, 0.1) is 0 Å².